The average Bonchev–Trinajstić information content (AvgIpc) is 2.59. The summed E-state index contributed by atoms with van der Waals surface area (Å²) in [4.78, 5) is 23.0. The van der Waals surface area contributed by atoms with E-state index in [4.69, 9.17) is 10.3 Å². The number of carbonyl (C=O) groups is 2. The van der Waals surface area contributed by atoms with Crippen LogP contribution in [0.25, 0.3) is 0 Å². The van der Waals surface area contributed by atoms with E-state index in [2.05, 4.69) is 10.5 Å². The fraction of sp³-hybridized carbons (Fsp3) is 0.583. The van der Waals surface area contributed by atoms with Crippen molar-refractivity contribution in [2.45, 2.75) is 40.0 Å². The third kappa shape index (κ3) is 3.32. The molecule has 0 saturated heterocycles. The summed E-state index contributed by atoms with van der Waals surface area (Å²) in [7, 11) is 0. The van der Waals surface area contributed by atoms with Gasteiger partial charge >= 0.3 is 0 Å². The molecule has 0 aliphatic rings. The van der Waals surface area contributed by atoms with Gasteiger partial charge in [-0.15, -0.1) is 0 Å². The smallest absolute Gasteiger partial charge is 0.256 e. The number of hydrogen-bond donors (Lipinski definition) is 2. The lowest BCUT2D eigenvalue weighted by atomic mass is 10.1. The lowest BCUT2D eigenvalue weighted by Gasteiger charge is -2.05. The topological polar surface area (TPSA) is 98.2 Å². The van der Waals surface area contributed by atoms with Gasteiger partial charge in [0.2, 0.25) is 11.8 Å². The number of anilines is 1. The zero-order valence-electron chi connectivity index (χ0n) is 11.1. The number of nitrogens with one attached hydrogen (secondary N) is 1. The Hall–Kier alpha value is -1.85. The molecular weight excluding hydrogens is 234 g/mol. The molecule has 1 heterocycles. The van der Waals surface area contributed by atoms with Crippen molar-refractivity contribution in [2.24, 2.45) is 11.7 Å². The van der Waals surface area contributed by atoms with Gasteiger partial charge in [-0.25, -0.2) is 0 Å². The van der Waals surface area contributed by atoms with E-state index in [9.17, 15) is 9.59 Å². The Labute approximate surface area is 106 Å². The van der Waals surface area contributed by atoms with Crippen molar-refractivity contribution in [1.82, 2.24) is 5.16 Å². The Morgan fingerprint density at radius 2 is 1.94 bits per heavy atom. The second-order valence-electron chi connectivity index (χ2n) is 4.94. The van der Waals surface area contributed by atoms with E-state index < -0.39 is 5.91 Å². The van der Waals surface area contributed by atoms with E-state index in [-0.39, 0.29) is 29.2 Å². The molecular formula is C12H19N3O3. The molecule has 0 radical (unpaired) electrons. The molecule has 1 rings (SSSR count). The summed E-state index contributed by atoms with van der Waals surface area (Å²) in [6, 6.07) is 0. The van der Waals surface area contributed by atoms with Crippen LogP contribution in [0.5, 0.6) is 0 Å². The minimum absolute atomic E-state index is 0.00741. The summed E-state index contributed by atoms with van der Waals surface area (Å²) < 4.78 is 4.99. The van der Waals surface area contributed by atoms with Gasteiger partial charge in [0.05, 0.1) is 0 Å². The lowest BCUT2D eigenvalue weighted by molar-refractivity contribution is -0.117. The molecule has 6 heteroatoms. The second kappa shape index (κ2) is 5.66. The van der Waals surface area contributed by atoms with Gasteiger partial charge in [0.1, 0.15) is 11.3 Å². The molecule has 1 aromatic heterocycles. The van der Waals surface area contributed by atoms with Gasteiger partial charge in [-0.3, -0.25) is 14.9 Å². The quantitative estimate of drug-likeness (QED) is 0.837. The maximum absolute atomic E-state index is 11.6. The molecule has 100 valence electrons. The van der Waals surface area contributed by atoms with Crippen molar-refractivity contribution in [3.63, 3.8) is 0 Å². The molecule has 0 aliphatic carbocycles. The van der Waals surface area contributed by atoms with Crippen LogP contribution >= 0.6 is 0 Å². The van der Waals surface area contributed by atoms with E-state index in [1.165, 1.54) is 0 Å². The SMILES string of the molecule is CC(C)CC(=O)Nc1onc(C(C)C)c1C(N)=O. The highest BCUT2D eigenvalue weighted by molar-refractivity contribution is 6.02. The van der Waals surface area contributed by atoms with Crippen LogP contribution in [0.3, 0.4) is 0 Å². The number of nitrogens with zero attached hydrogens (tertiary/aromatic N) is 1. The predicted octanol–water partition coefficient (Wildman–Crippen LogP) is 1.88. The van der Waals surface area contributed by atoms with Gasteiger partial charge in [-0.2, -0.15) is 0 Å². The molecule has 0 unspecified atom stereocenters. The fourth-order valence-electron chi connectivity index (χ4n) is 1.57. The third-order valence-corrected chi connectivity index (χ3v) is 2.36. The van der Waals surface area contributed by atoms with Gasteiger partial charge in [-0.05, 0) is 11.8 Å². The number of hydrogen-bond acceptors (Lipinski definition) is 4. The first-order valence-electron chi connectivity index (χ1n) is 5.92. The van der Waals surface area contributed by atoms with Crippen LogP contribution in [0.4, 0.5) is 5.88 Å². The van der Waals surface area contributed by atoms with Crippen LogP contribution in [-0.4, -0.2) is 17.0 Å². The number of rotatable bonds is 5. The highest BCUT2D eigenvalue weighted by Gasteiger charge is 2.24. The monoisotopic (exact) mass is 253 g/mol. The molecule has 0 fully saturated rings. The first-order chi connectivity index (χ1) is 8.32. The Balaban J connectivity index is 2.96. The minimum Gasteiger partial charge on any atom is -0.365 e. The van der Waals surface area contributed by atoms with Gasteiger partial charge in [0, 0.05) is 6.42 Å². The molecule has 0 aromatic carbocycles. The average molecular weight is 253 g/mol. The Morgan fingerprint density at radius 3 is 2.39 bits per heavy atom. The molecule has 0 saturated carbocycles. The van der Waals surface area contributed by atoms with E-state index in [0.717, 1.165) is 0 Å². The summed E-state index contributed by atoms with van der Waals surface area (Å²) in [6.07, 6.45) is 0.343. The van der Waals surface area contributed by atoms with Crippen molar-refractivity contribution in [3.05, 3.63) is 11.3 Å². The van der Waals surface area contributed by atoms with Crippen LogP contribution < -0.4 is 11.1 Å². The van der Waals surface area contributed by atoms with Crippen molar-refractivity contribution >= 4 is 17.7 Å². The van der Waals surface area contributed by atoms with Gasteiger partial charge in [0.25, 0.3) is 5.91 Å². The van der Waals surface area contributed by atoms with Gasteiger partial charge < -0.3 is 10.3 Å². The third-order valence-electron chi connectivity index (χ3n) is 2.36. The van der Waals surface area contributed by atoms with Crippen molar-refractivity contribution in [2.75, 3.05) is 5.32 Å². The van der Waals surface area contributed by atoms with Crippen LogP contribution in [0, 0.1) is 5.92 Å². The highest BCUT2D eigenvalue weighted by atomic mass is 16.5. The van der Waals surface area contributed by atoms with Gasteiger partial charge in [-0.1, -0.05) is 32.9 Å². The van der Waals surface area contributed by atoms with Crippen LogP contribution in [-0.2, 0) is 4.79 Å². The normalized spacial score (nSPS) is 11.0. The predicted molar refractivity (Wildman–Crippen MR) is 67.2 cm³/mol. The molecule has 6 nitrogen and oxygen atoms in total. The number of primary amides is 1. The van der Waals surface area contributed by atoms with E-state index >= 15 is 0 Å². The van der Waals surface area contributed by atoms with E-state index in [1.807, 2.05) is 27.7 Å². The fourth-order valence-corrected chi connectivity index (χ4v) is 1.57. The van der Waals surface area contributed by atoms with Crippen LogP contribution in [0.15, 0.2) is 4.52 Å². The van der Waals surface area contributed by atoms with Crippen LogP contribution in [0.2, 0.25) is 0 Å². The van der Waals surface area contributed by atoms with E-state index in [1.54, 1.807) is 0 Å². The molecule has 2 amide bonds. The number of aromatic nitrogens is 1. The minimum atomic E-state index is -0.653. The summed E-state index contributed by atoms with van der Waals surface area (Å²) in [5.41, 5.74) is 5.90. The Morgan fingerprint density at radius 1 is 1.33 bits per heavy atom. The molecule has 0 spiro atoms. The molecule has 0 bridgehead atoms. The van der Waals surface area contributed by atoms with Crippen molar-refractivity contribution in [3.8, 4) is 0 Å². The maximum Gasteiger partial charge on any atom is 0.256 e. The van der Waals surface area contributed by atoms with Gasteiger partial charge in [0.15, 0.2) is 0 Å². The lowest BCUT2D eigenvalue weighted by Crippen LogP contribution is -2.19. The molecule has 1 aromatic rings. The van der Waals surface area contributed by atoms with Crippen LogP contribution in [0.1, 0.15) is 56.1 Å². The zero-order valence-corrected chi connectivity index (χ0v) is 11.1. The Kier molecular flexibility index (Phi) is 4.47. The molecule has 0 atom stereocenters. The molecule has 18 heavy (non-hydrogen) atoms. The summed E-state index contributed by atoms with van der Waals surface area (Å²) in [6.45, 7) is 7.58. The standard InChI is InChI=1S/C12H19N3O3/c1-6(2)5-8(16)14-12-9(11(13)17)10(7(3)4)15-18-12/h6-7H,5H2,1-4H3,(H2,13,17)(H,14,16). The summed E-state index contributed by atoms with van der Waals surface area (Å²) in [5, 5.41) is 6.31. The summed E-state index contributed by atoms with van der Waals surface area (Å²) in [5.74, 6) is -0.628. The first kappa shape index (κ1) is 14.2. The molecule has 0 aliphatic heterocycles. The Bertz CT molecular complexity index is 449. The zero-order chi connectivity index (χ0) is 13.9. The second-order valence-corrected chi connectivity index (χ2v) is 4.94. The summed E-state index contributed by atoms with van der Waals surface area (Å²) >= 11 is 0. The molecule has 3 N–H and O–H groups in total. The maximum atomic E-state index is 11.6. The number of nitrogens with two attached hydrogens (primary N) is 1. The largest absolute Gasteiger partial charge is 0.365 e. The highest BCUT2D eigenvalue weighted by Crippen LogP contribution is 2.25. The number of amides is 2. The van der Waals surface area contributed by atoms with Crippen molar-refractivity contribution in [1.29, 1.82) is 0 Å². The van der Waals surface area contributed by atoms with Crippen molar-refractivity contribution < 1.29 is 14.1 Å². The number of carbonyl (C=O) groups excluding carboxylic acids is 2. The van der Waals surface area contributed by atoms with E-state index in [0.29, 0.717) is 12.1 Å². The first-order valence-corrected chi connectivity index (χ1v) is 5.92.